The predicted molar refractivity (Wildman–Crippen MR) is 149 cm³/mol. The molecule has 4 heterocycles. The molecular formula is C29H36N6O3S. The van der Waals surface area contributed by atoms with Gasteiger partial charge in [-0.25, -0.2) is 14.8 Å². The van der Waals surface area contributed by atoms with Crippen LogP contribution in [0.15, 0.2) is 23.2 Å². The van der Waals surface area contributed by atoms with Gasteiger partial charge in [0.1, 0.15) is 17.4 Å². The van der Waals surface area contributed by atoms with E-state index in [0.717, 1.165) is 68.5 Å². The maximum Gasteiger partial charge on any atom is 0.410 e. The van der Waals surface area contributed by atoms with Gasteiger partial charge in [-0.05, 0) is 82.9 Å². The Balaban J connectivity index is 1.25. The normalized spacial score (nSPS) is 25.0. The Kier molecular flexibility index (Phi) is 6.76. The van der Waals surface area contributed by atoms with Gasteiger partial charge in [0.15, 0.2) is 5.76 Å². The van der Waals surface area contributed by atoms with Gasteiger partial charge in [-0.15, -0.1) is 16.8 Å². The molecule has 2 aliphatic heterocycles. The van der Waals surface area contributed by atoms with Gasteiger partial charge in [0, 0.05) is 48.0 Å². The van der Waals surface area contributed by atoms with Crippen LogP contribution in [0.1, 0.15) is 81.0 Å². The lowest BCUT2D eigenvalue weighted by atomic mass is 9.59. The molecule has 1 unspecified atom stereocenters. The Bertz CT molecular complexity index is 1340. The fourth-order valence-corrected chi connectivity index (χ4v) is 7.86. The van der Waals surface area contributed by atoms with Crippen LogP contribution in [0.2, 0.25) is 0 Å². The Labute approximate surface area is 233 Å². The molecule has 2 fully saturated rings. The van der Waals surface area contributed by atoms with Gasteiger partial charge in [0.05, 0.1) is 11.6 Å². The van der Waals surface area contributed by atoms with Crippen molar-refractivity contribution in [3.63, 3.8) is 0 Å². The zero-order chi connectivity index (χ0) is 27.2. The van der Waals surface area contributed by atoms with E-state index >= 15 is 0 Å². The molecular weight excluding hydrogens is 512 g/mol. The number of anilines is 1. The molecule has 9 nitrogen and oxygen atoms in total. The number of carbonyl (C=O) groups is 1. The molecule has 0 bridgehead atoms. The van der Waals surface area contributed by atoms with E-state index in [9.17, 15) is 10.1 Å². The first-order valence-corrected chi connectivity index (χ1v) is 14.9. The van der Waals surface area contributed by atoms with Crippen molar-refractivity contribution < 1.29 is 14.4 Å². The fourth-order valence-electron chi connectivity index (χ4n) is 6.74. The van der Waals surface area contributed by atoms with E-state index < -0.39 is 5.60 Å². The maximum absolute atomic E-state index is 12.6. The van der Waals surface area contributed by atoms with Crippen molar-refractivity contribution in [2.45, 2.75) is 82.8 Å². The minimum atomic E-state index is -0.515. The average molecular weight is 549 g/mol. The smallest absolute Gasteiger partial charge is 0.410 e. The zero-order valence-electron chi connectivity index (χ0n) is 23.0. The first-order valence-electron chi connectivity index (χ1n) is 14.0. The highest BCUT2D eigenvalue weighted by Crippen LogP contribution is 2.54. The monoisotopic (exact) mass is 548 g/mol. The number of aryl methyl sites for hydroxylation is 1. The van der Waals surface area contributed by atoms with Gasteiger partial charge in [-0.1, -0.05) is 0 Å². The number of amides is 1. The van der Waals surface area contributed by atoms with E-state index in [1.165, 1.54) is 16.0 Å². The lowest BCUT2D eigenvalue weighted by molar-refractivity contribution is 0.0263. The summed E-state index contributed by atoms with van der Waals surface area (Å²) in [4.78, 5) is 33.6. The van der Waals surface area contributed by atoms with E-state index in [4.69, 9.17) is 14.6 Å². The van der Waals surface area contributed by atoms with E-state index in [1.807, 2.05) is 32.2 Å². The summed E-state index contributed by atoms with van der Waals surface area (Å²) < 4.78 is 5.58. The number of nitrogens with one attached hydrogen (secondary N) is 1. The van der Waals surface area contributed by atoms with Crippen LogP contribution in [0.5, 0.6) is 0 Å². The minimum Gasteiger partial charge on any atom is -0.444 e. The van der Waals surface area contributed by atoms with Crippen LogP contribution in [0.3, 0.4) is 0 Å². The van der Waals surface area contributed by atoms with E-state index in [1.54, 1.807) is 22.4 Å². The highest BCUT2D eigenvalue weighted by Gasteiger charge is 2.52. The van der Waals surface area contributed by atoms with Crippen LogP contribution in [-0.4, -0.2) is 58.8 Å². The SMILES string of the molecule is CC(C)(C)OC(=O)N1CCCN(c2nccc(C3=C4CCC[C@@]5(CCCc6scc(C#N)c65)C4NO3)n2)CC1. The van der Waals surface area contributed by atoms with Crippen LogP contribution in [-0.2, 0) is 21.4 Å². The summed E-state index contributed by atoms with van der Waals surface area (Å²) in [6.07, 6.45) is 8.64. The second-order valence-electron chi connectivity index (χ2n) is 12.0. The number of ether oxygens (including phenoxy) is 1. The zero-order valence-corrected chi connectivity index (χ0v) is 23.8. The van der Waals surface area contributed by atoms with Crippen molar-refractivity contribution in [3.05, 3.63) is 44.9 Å². The number of hydrogen-bond donors (Lipinski definition) is 1. The molecule has 206 valence electrons. The number of rotatable bonds is 2. The molecule has 6 rings (SSSR count). The topological polar surface area (TPSA) is 104 Å². The van der Waals surface area contributed by atoms with Crippen LogP contribution in [0.4, 0.5) is 10.7 Å². The summed E-state index contributed by atoms with van der Waals surface area (Å²) in [6.45, 7) is 8.26. The Morgan fingerprint density at radius 3 is 2.82 bits per heavy atom. The van der Waals surface area contributed by atoms with E-state index in [0.29, 0.717) is 25.6 Å². The number of hydroxylamine groups is 1. The molecule has 2 aliphatic carbocycles. The summed E-state index contributed by atoms with van der Waals surface area (Å²) in [5, 5.41) is 11.9. The molecule has 0 radical (unpaired) electrons. The molecule has 2 aromatic heterocycles. The van der Waals surface area contributed by atoms with Gasteiger partial charge in [0.25, 0.3) is 0 Å². The number of aromatic nitrogens is 2. The molecule has 1 N–H and O–H groups in total. The lowest BCUT2D eigenvalue weighted by Gasteiger charge is -2.45. The maximum atomic E-state index is 12.6. The summed E-state index contributed by atoms with van der Waals surface area (Å²) in [5.41, 5.74) is 6.87. The highest BCUT2D eigenvalue weighted by molar-refractivity contribution is 7.10. The molecule has 2 aromatic rings. The van der Waals surface area contributed by atoms with Crippen LogP contribution in [0, 0.1) is 11.3 Å². The van der Waals surface area contributed by atoms with Gasteiger partial charge >= 0.3 is 6.09 Å². The average Bonchev–Trinajstić information content (AvgIpc) is 3.46. The molecule has 2 atom stereocenters. The molecule has 4 aliphatic rings. The molecule has 10 heteroatoms. The number of hydrogen-bond acceptors (Lipinski definition) is 9. The third kappa shape index (κ3) is 4.76. The highest BCUT2D eigenvalue weighted by atomic mass is 32.1. The standard InChI is InChI=1S/C29H36N6O3S/c1-28(2,3)37-27(36)35-14-6-13-34(15-16-35)26-31-12-9-21(32-26)24-20-7-4-10-29(25(20)33-38-24)11-5-8-22-23(29)19(17-30)18-39-22/h9,12,18,25,33H,4-8,10-11,13-16H2,1-3H3/t25?,29-/m0/s1. The lowest BCUT2D eigenvalue weighted by Crippen LogP contribution is -2.50. The Morgan fingerprint density at radius 1 is 1.21 bits per heavy atom. The van der Waals surface area contributed by atoms with Crippen LogP contribution >= 0.6 is 11.3 Å². The molecule has 0 aromatic carbocycles. The predicted octanol–water partition coefficient (Wildman–Crippen LogP) is 4.93. The van der Waals surface area contributed by atoms with Crippen molar-refractivity contribution in [1.29, 1.82) is 5.26 Å². The minimum absolute atomic E-state index is 0.0426. The second kappa shape index (κ2) is 10.1. The van der Waals surface area contributed by atoms with Crippen molar-refractivity contribution in [2.24, 2.45) is 0 Å². The van der Waals surface area contributed by atoms with Crippen molar-refractivity contribution in [2.75, 3.05) is 31.1 Å². The molecule has 39 heavy (non-hydrogen) atoms. The molecule has 1 amide bonds. The largest absolute Gasteiger partial charge is 0.444 e. The number of fused-ring (bicyclic) bond motifs is 4. The third-order valence-corrected chi connectivity index (χ3v) is 9.41. The fraction of sp³-hybridized carbons (Fsp3) is 0.586. The molecule has 1 saturated carbocycles. The van der Waals surface area contributed by atoms with Gasteiger partial charge in [-0.3, -0.25) is 0 Å². The third-order valence-electron chi connectivity index (χ3n) is 8.36. The quantitative estimate of drug-likeness (QED) is 0.564. The molecule has 1 saturated heterocycles. The second-order valence-corrected chi connectivity index (χ2v) is 12.9. The van der Waals surface area contributed by atoms with E-state index in [2.05, 4.69) is 21.4 Å². The Hall–Kier alpha value is -3.16. The van der Waals surface area contributed by atoms with Gasteiger partial charge in [0.2, 0.25) is 5.95 Å². The molecule has 1 spiro atoms. The first kappa shape index (κ1) is 26.1. The van der Waals surface area contributed by atoms with Crippen molar-refractivity contribution in [3.8, 4) is 6.07 Å². The van der Waals surface area contributed by atoms with Crippen molar-refractivity contribution >= 4 is 29.1 Å². The number of thiophene rings is 1. The number of nitriles is 1. The number of carbonyl (C=O) groups excluding carboxylic acids is 1. The summed E-state index contributed by atoms with van der Waals surface area (Å²) in [6, 6.07) is 4.43. The van der Waals surface area contributed by atoms with Gasteiger partial charge < -0.3 is 19.4 Å². The first-order chi connectivity index (χ1) is 18.8. The van der Waals surface area contributed by atoms with Crippen molar-refractivity contribution in [1.82, 2.24) is 20.3 Å². The summed E-state index contributed by atoms with van der Waals surface area (Å²) in [7, 11) is 0. The van der Waals surface area contributed by atoms with Crippen LogP contribution in [0.25, 0.3) is 5.76 Å². The summed E-state index contributed by atoms with van der Waals surface area (Å²) in [5.74, 6) is 1.45. The van der Waals surface area contributed by atoms with E-state index in [-0.39, 0.29) is 17.6 Å². The number of nitrogens with zero attached hydrogens (tertiary/aromatic N) is 5. The summed E-state index contributed by atoms with van der Waals surface area (Å²) >= 11 is 1.73. The van der Waals surface area contributed by atoms with Gasteiger partial charge in [-0.2, -0.15) is 5.26 Å². The Morgan fingerprint density at radius 2 is 2.03 bits per heavy atom. The van der Waals surface area contributed by atoms with Crippen LogP contribution < -0.4 is 10.4 Å².